The average molecular weight is 296 g/mol. The van der Waals surface area contributed by atoms with E-state index >= 15 is 0 Å². The number of benzene rings is 1. The van der Waals surface area contributed by atoms with Gasteiger partial charge in [0.2, 0.25) is 15.9 Å². The molecule has 2 rings (SSSR count). The molecule has 0 spiro atoms. The van der Waals surface area contributed by atoms with Gasteiger partial charge in [-0.3, -0.25) is 4.79 Å². The maximum Gasteiger partial charge on any atom is 0.218 e. The van der Waals surface area contributed by atoms with Crippen LogP contribution in [0.5, 0.6) is 0 Å². The van der Waals surface area contributed by atoms with E-state index in [1.165, 1.54) is 11.2 Å². The maximum atomic E-state index is 12.3. The lowest BCUT2D eigenvalue weighted by molar-refractivity contribution is -0.119. The lowest BCUT2D eigenvalue weighted by Crippen LogP contribution is -2.46. The Hall–Kier alpha value is -1.40. The molecule has 1 N–H and O–H groups in total. The van der Waals surface area contributed by atoms with Crippen LogP contribution in [0.4, 0.5) is 0 Å². The van der Waals surface area contributed by atoms with Crippen LogP contribution >= 0.6 is 0 Å². The van der Waals surface area contributed by atoms with E-state index in [0.29, 0.717) is 25.9 Å². The molecule has 1 aromatic rings. The second kappa shape index (κ2) is 6.37. The van der Waals surface area contributed by atoms with E-state index in [1.807, 2.05) is 30.3 Å². The quantitative estimate of drug-likeness (QED) is 0.905. The molecule has 1 heterocycles. The van der Waals surface area contributed by atoms with Gasteiger partial charge in [0.15, 0.2) is 0 Å². The Morgan fingerprint density at radius 3 is 2.40 bits per heavy atom. The summed E-state index contributed by atoms with van der Waals surface area (Å²) in [4.78, 5) is 11.0. The molecule has 110 valence electrons. The second-order valence-electron chi connectivity index (χ2n) is 5.12. The van der Waals surface area contributed by atoms with Gasteiger partial charge >= 0.3 is 0 Å². The van der Waals surface area contributed by atoms with Crippen LogP contribution in [0.1, 0.15) is 25.3 Å². The predicted molar refractivity (Wildman–Crippen MR) is 77.5 cm³/mol. The Labute approximate surface area is 120 Å². The molecule has 0 atom stereocenters. The molecular weight excluding hydrogens is 276 g/mol. The van der Waals surface area contributed by atoms with E-state index in [4.69, 9.17) is 0 Å². The van der Waals surface area contributed by atoms with Crippen LogP contribution in [0.25, 0.3) is 0 Å². The number of nitrogens with zero attached hydrogens (tertiary/aromatic N) is 1. The Bertz CT molecular complexity index is 549. The van der Waals surface area contributed by atoms with Gasteiger partial charge in [0.1, 0.15) is 0 Å². The first kappa shape index (κ1) is 15.0. The highest BCUT2D eigenvalue weighted by molar-refractivity contribution is 7.88. The minimum absolute atomic E-state index is 0.0403. The Morgan fingerprint density at radius 1 is 1.25 bits per heavy atom. The van der Waals surface area contributed by atoms with Crippen molar-refractivity contribution < 1.29 is 13.2 Å². The van der Waals surface area contributed by atoms with Crippen molar-refractivity contribution in [3.63, 3.8) is 0 Å². The third kappa shape index (κ3) is 4.05. The normalized spacial score (nSPS) is 17.9. The van der Waals surface area contributed by atoms with Crippen molar-refractivity contribution in [3.05, 3.63) is 35.9 Å². The summed E-state index contributed by atoms with van der Waals surface area (Å²) >= 11 is 0. The van der Waals surface area contributed by atoms with E-state index < -0.39 is 10.0 Å². The lowest BCUT2D eigenvalue weighted by atomic mass is 10.1. The Balaban J connectivity index is 1.94. The first-order valence-corrected chi connectivity index (χ1v) is 8.37. The van der Waals surface area contributed by atoms with Crippen molar-refractivity contribution >= 4 is 15.9 Å². The van der Waals surface area contributed by atoms with E-state index in [-0.39, 0.29) is 17.7 Å². The molecule has 1 aliphatic rings. The van der Waals surface area contributed by atoms with Gasteiger partial charge in [0.25, 0.3) is 0 Å². The van der Waals surface area contributed by atoms with Crippen molar-refractivity contribution in [1.29, 1.82) is 0 Å². The largest absolute Gasteiger partial charge is 0.354 e. The molecule has 1 aliphatic heterocycles. The number of hydrogen-bond acceptors (Lipinski definition) is 3. The van der Waals surface area contributed by atoms with Crippen LogP contribution in [0, 0.1) is 0 Å². The second-order valence-corrected chi connectivity index (χ2v) is 7.08. The van der Waals surface area contributed by atoms with Gasteiger partial charge in [-0.05, 0) is 18.4 Å². The summed E-state index contributed by atoms with van der Waals surface area (Å²) in [6.07, 6.45) is 1.35. The van der Waals surface area contributed by atoms with Crippen LogP contribution in [0.15, 0.2) is 30.3 Å². The highest BCUT2D eigenvalue weighted by Crippen LogP contribution is 2.17. The molecular formula is C14H20N2O3S. The minimum Gasteiger partial charge on any atom is -0.354 e. The highest BCUT2D eigenvalue weighted by Gasteiger charge is 2.28. The summed E-state index contributed by atoms with van der Waals surface area (Å²) in [6, 6.07) is 9.29. The van der Waals surface area contributed by atoms with Crippen molar-refractivity contribution in [2.75, 3.05) is 13.1 Å². The average Bonchev–Trinajstić information content (AvgIpc) is 2.39. The van der Waals surface area contributed by atoms with Crippen molar-refractivity contribution in [1.82, 2.24) is 9.62 Å². The van der Waals surface area contributed by atoms with Crippen LogP contribution < -0.4 is 5.32 Å². The Morgan fingerprint density at radius 2 is 1.85 bits per heavy atom. The molecule has 1 fully saturated rings. The first-order chi connectivity index (χ1) is 9.47. The molecule has 1 saturated heterocycles. The molecule has 0 unspecified atom stereocenters. The summed E-state index contributed by atoms with van der Waals surface area (Å²) < 4.78 is 26.2. The molecule has 20 heavy (non-hydrogen) atoms. The number of rotatable bonds is 4. The molecule has 6 heteroatoms. The first-order valence-electron chi connectivity index (χ1n) is 6.76. The van der Waals surface area contributed by atoms with Gasteiger partial charge in [-0.1, -0.05) is 30.3 Å². The fourth-order valence-electron chi connectivity index (χ4n) is 2.44. The van der Waals surface area contributed by atoms with E-state index in [1.54, 1.807) is 0 Å². The number of carbonyl (C=O) groups is 1. The zero-order chi connectivity index (χ0) is 14.6. The van der Waals surface area contributed by atoms with E-state index in [9.17, 15) is 13.2 Å². The van der Waals surface area contributed by atoms with Crippen LogP contribution in [0.3, 0.4) is 0 Å². The van der Waals surface area contributed by atoms with Gasteiger partial charge in [-0.2, -0.15) is 0 Å². The standard InChI is InChI=1S/C14H20N2O3S/c1-12(17)15-14-7-9-16(10-8-14)20(18,19)11-13-5-3-2-4-6-13/h2-6,14H,7-11H2,1H3,(H,15,17). The maximum absolute atomic E-state index is 12.3. The molecule has 0 aromatic heterocycles. The van der Waals surface area contributed by atoms with Gasteiger partial charge in [-0.25, -0.2) is 12.7 Å². The number of nitrogens with one attached hydrogen (secondary N) is 1. The van der Waals surface area contributed by atoms with Crippen molar-refractivity contribution in [2.24, 2.45) is 0 Å². The SMILES string of the molecule is CC(=O)NC1CCN(S(=O)(=O)Cc2ccccc2)CC1. The number of sulfonamides is 1. The zero-order valence-corrected chi connectivity index (χ0v) is 12.4. The molecule has 1 aromatic carbocycles. The van der Waals surface area contributed by atoms with Crippen LogP contribution in [0.2, 0.25) is 0 Å². The minimum atomic E-state index is -3.27. The number of carbonyl (C=O) groups excluding carboxylic acids is 1. The summed E-state index contributed by atoms with van der Waals surface area (Å²) in [5.74, 6) is -0.0193. The molecule has 0 bridgehead atoms. The van der Waals surface area contributed by atoms with Gasteiger partial charge in [-0.15, -0.1) is 0 Å². The van der Waals surface area contributed by atoms with E-state index in [0.717, 1.165) is 5.56 Å². The fraction of sp³-hybridized carbons (Fsp3) is 0.500. The van der Waals surface area contributed by atoms with Crippen molar-refractivity contribution in [2.45, 2.75) is 31.6 Å². The molecule has 0 radical (unpaired) electrons. The van der Waals surface area contributed by atoms with Gasteiger partial charge in [0.05, 0.1) is 5.75 Å². The van der Waals surface area contributed by atoms with Crippen LogP contribution in [-0.2, 0) is 20.6 Å². The van der Waals surface area contributed by atoms with E-state index in [2.05, 4.69) is 5.32 Å². The fourth-order valence-corrected chi connectivity index (χ4v) is 4.01. The number of amides is 1. The smallest absolute Gasteiger partial charge is 0.218 e. The van der Waals surface area contributed by atoms with Gasteiger partial charge in [0, 0.05) is 26.1 Å². The number of piperidine rings is 1. The monoisotopic (exact) mass is 296 g/mol. The summed E-state index contributed by atoms with van der Waals surface area (Å²) in [5, 5.41) is 2.84. The Kier molecular flexibility index (Phi) is 4.77. The molecule has 0 saturated carbocycles. The number of hydrogen-bond donors (Lipinski definition) is 1. The summed E-state index contributed by atoms with van der Waals surface area (Å²) in [7, 11) is -3.27. The molecule has 5 nitrogen and oxygen atoms in total. The highest BCUT2D eigenvalue weighted by atomic mass is 32.2. The summed E-state index contributed by atoms with van der Waals surface area (Å²) in [5.41, 5.74) is 0.802. The zero-order valence-electron chi connectivity index (χ0n) is 11.6. The third-order valence-electron chi connectivity index (χ3n) is 3.45. The molecule has 1 amide bonds. The lowest BCUT2D eigenvalue weighted by Gasteiger charge is -2.31. The topological polar surface area (TPSA) is 66.5 Å². The summed E-state index contributed by atoms with van der Waals surface area (Å²) in [6.45, 7) is 2.43. The third-order valence-corrected chi connectivity index (χ3v) is 5.30. The predicted octanol–water partition coefficient (Wildman–Crippen LogP) is 1.12. The van der Waals surface area contributed by atoms with Gasteiger partial charge < -0.3 is 5.32 Å². The molecule has 0 aliphatic carbocycles. The van der Waals surface area contributed by atoms with Crippen molar-refractivity contribution in [3.8, 4) is 0 Å². The van der Waals surface area contributed by atoms with Crippen LogP contribution in [-0.4, -0.2) is 37.8 Å².